The minimum atomic E-state index is -3.88. The van der Waals surface area contributed by atoms with E-state index in [9.17, 15) is 18.0 Å². The quantitative estimate of drug-likeness (QED) is 0.581. The zero-order valence-corrected chi connectivity index (χ0v) is 9.21. The third-order valence-corrected chi connectivity index (χ3v) is 3.86. The topological polar surface area (TPSA) is 118 Å². The Hall–Kier alpha value is -0.800. The summed E-state index contributed by atoms with van der Waals surface area (Å²) < 4.78 is 26.2. The van der Waals surface area contributed by atoms with E-state index < -0.39 is 34.1 Å². The fraction of sp³-hybridized carbons (Fsp3) is 0.667. The predicted molar refractivity (Wildman–Crippen MR) is 51.8 cm³/mol. The van der Waals surface area contributed by atoms with Crippen molar-refractivity contribution in [2.24, 2.45) is 0 Å². The summed E-state index contributed by atoms with van der Waals surface area (Å²) in [4.78, 5) is 20.1. The van der Waals surface area contributed by atoms with Gasteiger partial charge >= 0.3 is 21.1 Å². The summed E-state index contributed by atoms with van der Waals surface area (Å²) in [7, 11) is -3.55. The number of rotatable bonds is 8. The van der Waals surface area contributed by atoms with Gasteiger partial charge in [0, 0.05) is 5.75 Å². The van der Waals surface area contributed by atoms with Gasteiger partial charge in [-0.15, -0.1) is 0 Å². The molecule has 0 saturated carbocycles. The Morgan fingerprint density at radius 2 is 1.67 bits per heavy atom. The predicted octanol–water partition coefficient (Wildman–Crippen LogP) is -0.0696. The molecule has 2 N–H and O–H groups in total. The van der Waals surface area contributed by atoms with Crippen molar-refractivity contribution in [3.63, 3.8) is 0 Å². The van der Waals surface area contributed by atoms with Crippen molar-refractivity contribution in [1.29, 1.82) is 0 Å². The molecule has 0 aliphatic rings. The van der Waals surface area contributed by atoms with Crippen LogP contribution < -0.4 is 0 Å². The van der Waals surface area contributed by atoms with Gasteiger partial charge in [0.1, 0.15) is 0 Å². The Bertz CT molecular complexity index is 294. The van der Waals surface area contributed by atoms with E-state index in [-0.39, 0.29) is 12.2 Å². The standard InChI is InChI=1S/C6H10O7S2/c7-5(8)1-3-13-15(11,12)14-4-2-6(9)10/h1-4H2,(H,7,8)(H,9,10). The lowest BCUT2D eigenvalue weighted by Crippen LogP contribution is -2.08. The summed E-state index contributed by atoms with van der Waals surface area (Å²) in [5, 5.41) is 16.4. The van der Waals surface area contributed by atoms with Crippen molar-refractivity contribution in [3.8, 4) is 0 Å². The van der Waals surface area contributed by atoms with Crippen LogP contribution in [-0.4, -0.2) is 42.9 Å². The van der Waals surface area contributed by atoms with Crippen LogP contribution in [0.1, 0.15) is 12.8 Å². The Morgan fingerprint density at radius 3 is 2.13 bits per heavy atom. The summed E-state index contributed by atoms with van der Waals surface area (Å²) in [6.07, 6.45) is -0.717. The first-order chi connectivity index (χ1) is 6.83. The molecule has 0 bridgehead atoms. The van der Waals surface area contributed by atoms with Crippen LogP contribution in [0.4, 0.5) is 0 Å². The zero-order chi connectivity index (χ0) is 11.9. The molecule has 0 spiro atoms. The molecule has 15 heavy (non-hydrogen) atoms. The van der Waals surface area contributed by atoms with Crippen molar-refractivity contribution >= 4 is 31.9 Å². The number of carboxylic acid groups (broad SMARTS) is 2. The molecular formula is C6H10O7S2. The van der Waals surface area contributed by atoms with Gasteiger partial charge in [0.2, 0.25) is 0 Å². The van der Waals surface area contributed by atoms with Gasteiger partial charge in [-0.2, -0.15) is 8.42 Å². The van der Waals surface area contributed by atoms with Gasteiger partial charge in [0.15, 0.2) is 0 Å². The second kappa shape index (κ2) is 6.64. The molecule has 0 radical (unpaired) electrons. The molecule has 0 fully saturated rings. The first-order valence-corrected chi connectivity index (χ1v) is 6.72. The molecule has 0 aliphatic carbocycles. The van der Waals surface area contributed by atoms with E-state index in [1.165, 1.54) is 0 Å². The van der Waals surface area contributed by atoms with Crippen LogP contribution in [0.15, 0.2) is 0 Å². The monoisotopic (exact) mass is 258 g/mol. The summed E-state index contributed by atoms with van der Waals surface area (Å²) in [6.45, 7) is -0.447. The summed E-state index contributed by atoms with van der Waals surface area (Å²) in [6, 6.07) is 0. The highest BCUT2D eigenvalue weighted by Crippen LogP contribution is 2.15. The van der Waals surface area contributed by atoms with E-state index in [1.807, 2.05) is 0 Å². The van der Waals surface area contributed by atoms with Gasteiger partial charge in [-0.25, -0.2) is 0 Å². The van der Waals surface area contributed by atoms with E-state index in [0.29, 0.717) is 10.8 Å². The van der Waals surface area contributed by atoms with Gasteiger partial charge in [-0.3, -0.25) is 13.8 Å². The minimum Gasteiger partial charge on any atom is -0.481 e. The van der Waals surface area contributed by atoms with Crippen molar-refractivity contribution < 1.29 is 32.4 Å². The third-order valence-electron chi connectivity index (χ3n) is 1.09. The highest BCUT2D eigenvalue weighted by atomic mass is 33.1. The zero-order valence-electron chi connectivity index (χ0n) is 7.58. The highest BCUT2D eigenvalue weighted by Gasteiger charge is 2.13. The van der Waals surface area contributed by atoms with Crippen molar-refractivity contribution in [2.75, 3.05) is 12.4 Å². The number of carboxylic acids is 2. The van der Waals surface area contributed by atoms with Gasteiger partial charge in [-0.05, 0) is 10.8 Å². The molecular weight excluding hydrogens is 248 g/mol. The first kappa shape index (κ1) is 14.2. The highest BCUT2D eigenvalue weighted by molar-refractivity contribution is 8.70. The van der Waals surface area contributed by atoms with Crippen LogP contribution in [0.2, 0.25) is 0 Å². The van der Waals surface area contributed by atoms with Gasteiger partial charge in [0.25, 0.3) is 0 Å². The second-order valence-corrected chi connectivity index (χ2v) is 5.97. The van der Waals surface area contributed by atoms with E-state index in [1.54, 1.807) is 0 Å². The summed E-state index contributed by atoms with van der Waals surface area (Å²) in [5.41, 5.74) is 0. The van der Waals surface area contributed by atoms with Crippen LogP contribution in [0.3, 0.4) is 0 Å². The average molecular weight is 258 g/mol. The fourth-order valence-electron chi connectivity index (χ4n) is 0.496. The molecule has 88 valence electrons. The normalized spacial score (nSPS) is 11.2. The molecule has 0 aromatic heterocycles. The maximum Gasteiger partial charge on any atom is 0.322 e. The third kappa shape index (κ3) is 9.50. The smallest absolute Gasteiger partial charge is 0.322 e. The molecule has 0 aromatic rings. The van der Waals surface area contributed by atoms with E-state index in [0.717, 1.165) is 0 Å². The Kier molecular flexibility index (Phi) is 6.29. The molecule has 0 rings (SSSR count). The molecule has 0 aliphatic heterocycles. The lowest BCUT2D eigenvalue weighted by Gasteiger charge is -2.01. The van der Waals surface area contributed by atoms with Crippen molar-refractivity contribution in [1.82, 2.24) is 0 Å². The first-order valence-electron chi connectivity index (χ1n) is 3.81. The number of hydrogen-bond donors (Lipinski definition) is 2. The molecule has 9 heteroatoms. The number of hydrogen-bond acceptors (Lipinski definition) is 6. The molecule has 0 amide bonds. The molecule has 0 aromatic carbocycles. The second-order valence-electron chi connectivity index (χ2n) is 2.34. The maximum absolute atomic E-state index is 10.9. The fourth-order valence-corrected chi connectivity index (χ4v) is 2.58. The van der Waals surface area contributed by atoms with E-state index in [2.05, 4.69) is 4.18 Å². The number of aliphatic carboxylic acids is 2. The summed E-state index contributed by atoms with van der Waals surface area (Å²) >= 11 is 0. The van der Waals surface area contributed by atoms with Crippen LogP contribution in [0.25, 0.3) is 0 Å². The average Bonchev–Trinajstić information content (AvgIpc) is 2.01. The van der Waals surface area contributed by atoms with Crippen LogP contribution in [-0.2, 0) is 22.9 Å². The largest absolute Gasteiger partial charge is 0.481 e. The van der Waals surface area contributed by atoms with Crippen molar-refractivity contribution in [2.45, 2.75) is 12.8 Å². The maximum atomic E-state index is 10.9. The Morgan fingerprint density at radius 1 is 1.13 bits per heavy atom. The van der Waals surface area contributed by atoms with Gasteiger partial charge < -0.3 is 10.2 Å². The molecule has 0 unspecified atom stereocenters. The molecule has 0 saturated heterocycles. The van der Waals surface area contributed by atoms with Crippen molar-refractivity contribution in [3.05, 3.63) is 0 Å². The van der Waals surface area contributed by atoms with E-state index in [4.69, 9.17) is 10.2 Å². The Balaban J connectivity index is 3.77. The van der Waals surface area contributed by atoms with Gasteiger partial charge in [-0.1, -0.05) is 0 Å². The molecule has 0 atom stereocenters. The SMILES string of the molecule is O=C(O)CCOS(=O)(=O)SCCC(=O)O. The van der Waals surface area contributed by atoms with Crippen LogP contribution in [0.5, 0.6) is 0 Å². The molecule has 7 nitrogen and oxygen atoms in total. The molecule has 0 heterocycles. The minimum absolute atomic E-state index is 0.134. The lowest BCUT2D eigenvalue weighted by atomic mass is 10.5. The van der Waals surface area contributed by atoms with Crippen LogP contribution in [0, 0.1) is 0 Å². The number of carbonyl (C=O) groups is 2. The summed E-state index contributed by atoms with van der Waals surface area (Å²) in [5.74, 6) is -2.41. The van der Waals surface area contributed by atoms with Crippen LogP contribution >= 0.6 is 10.8 Å². The lowest BCUT2D eigenvalue weighted by molar-refractivity contribution is -0.138. The Labute approximate surface area is 89.9 Å². The van der Waals surface area contributed by atoms with Gasteiger partial charge in [0.05, 0.1) is 19.4 Å². The van der Waals surface area contributed by atoms with E-state index >= 15 is 0 Å².